The fourth-order valence-corrected chi connectivity index (χ4v) is 3.87. The van der Waals surface area contributed by atoms with E-state index in [0.717, 1.165) is 23.4 Å². The van der Waals surface area contributed by atoms with Crippen LogP contribution in [0.25, 0.3) is 10.6 Å². The molecule has 23 heavy (non-hydrogen) atoms. The summed E-state index contributed by atoms with van der Waals surface area (Å²) in [6.45, 7) is 5.86. The standard InChI is InChI=1S/C9H10N2S2.C8H10OS/c1-2-6-3-4-8(13-6)7-5-10-9(12)11-7;1-3-7-4-5-8(10-7)6(2)9/h3-5H,2H2,1H3,(H2,10,11,12);4-5H,3H2,1-2H3. The Morgan fingerprint density at radius 3 is 2.17 bits per heavy atom. The van der Waals surface area contributed by atoms with Gasteiger partial charge >= 0.3 is 0 Å². The number of Topliss-reactive ketones (excluding diaryl/α,β-unsaturated/α-hetero) is 1. The van der Waals surface area contributed by atoms with Gasteiger partial charge < -0.3 is 9.97 Å². The Labute approximate surface area is 149 Å². The third-order valence-corrected chi connectivity index (χ3v) is 6.04. The molecule has 0 aromatic carbocycles. The van der Waals surface area contributed by atoms with Crippen molar-refractivity contribution in [3.05, 3.63) is 49.9 Å². The summed E-state index contributed by atoms with van der Waals surface area (Å²) < 4.78 is 0.682. The molecule has 0 amide bonds. The molecule has 6 heteroatoms. The largest absolute Gasteiger partial charge is 0.337 e. The van der Waals surface area contributed by atoms with E-state index in [1.54, 1.807) is 29.6 Å². The van der Waals surface area contributed by atoms with Gasteiger partial charge in [0.25, 0.3) is 0 Å². The Balaban J connectivity index is 0.000000174. The highest BCUT2D eigenvalue weighted by molar-refractivity contribution is 7.71. The van der Waals surface area contributed by atoms with Crippen LogP contribution in [0.5, 0.6) is 0 Å². The van der Waals surface area contributed by atoms with Crippen LogP contribution < -0.4 is 0 Å². The van der Waals surface area contributed by atoms with Gasteiger partial charge in [-0.2, -0.15) is 0 Å². The van der Waals surface area contributed by atoms with Gasteiger partial charge in [-0.05, 0) is 56.2 Å². The molecular weight excluding hydrogens is 344 g/mol. The number of thiophene rings is 2. The second kappa shape index (κ2) is 8.38. The van der Waals surface area contributed by atoms with Crippen molar-refractivity contribution in [2.45, 2.75) is 33.6 Å². The minimum absolute atomic E-state index is 0.171. The average molecular weight is 365 g/mol. The van der Waals surface area contributed by atoms with E-state index in [9.17, 15) is 4.79 Å². The molecule has 3 heterocycles. The Bertz CT molecular complexity index is 823. The van der Waals surface area contributed by atoms with Crippen molar-refractivity contribution >= 4 is 40.7 Å². The number of rotatable bonds is 4. The van der Waals surface area contributed by atoms with E-state index in [-0.39, 0.29) is 5.78 Å². The Kier molecular flexibility index (Phi) is 6.50. The predicted molar refractivity (Wildman–Crippen MR) is 102 cm³/mol. The number of aromatic nitrogens is 2. The summed E-state index contributed by atoms with van der Waals surface area (Å²) in [6, 6.07) is 8.19. The van der Waals surface area contributed by atoms with Gasteiger partial charge in [-0.15, -0.1) is 22.7 Å². The first-order chi connectivity index (χ1) is 11.0. The highest BCUT2D eigenvalue weighted by Gasteiger charge is 2.02. The van der Waals surface area contributed by atoms with Crippen molar-refractivity contribution in [2.24, 2.45) is 0 Å². The maximum absolute atomic E-state index is 10.8. The quantitative estimate of drug-likeness (QED) is 0.449. The number of hydrogen-bond donors (Lipinski definition) is 2. The minimum Gasteiger partial charge on any atom is -0.337 e. The van der Waals surface area contributed by atoms with E-state index >= 15 is 0 Å². The molecule has 0 saturated carbocycles. The van der Waals surface area contributed by atoms with Crippen molar-refractivity contribution in [3.8, 4) is 10.6 Å². The van der Waals surface area contributed by atoms with Crippen molar-refractivity contribution in [1.29, 1.82) is 0 Å². The first-order valence-electron chi connectivity index (χ1n) is 7.49. The summed E-state index contributed by atoms with van der Waals surface area (Å²) >= 11 is 8.35. The minimum atomic E-state index is 0.171. The number of carbonyl (C=O) groups is 1. The van der Waals surface area contributed by atoms with Gasteiger partial charge in [0.1, 0.15) is 0 Å². The van der Waals surface area contributed by atoms with Gasteiger partial charge in [-0.25, -0.2) is 0 Å². The molecule has 2 N–H and O–H groups in total. The van der Waals surface area contributed by atoms with Crippen LogP contribution in [0, 0.1) is 4.77 Å². The van der Waals surface area contributed by atoms with E-state index in [4.69, 9.17) is 12.2 Å². The van der Waals surface area contributed by atoms with Crippen molar-refractivity contribution in [2.75, 3.05) is 0 Å². The number of ketones is 1. The summed E-state index contributed by atoms with van der Waals surface area (Å²) in [5, 5.41) is 0. The maximum Gasteiger partial charge on any atom is 0.174 e. The molecule has 3 rings (SSSR count). The number of nitrogens with one attached hydrogen (secondary N) is 2. The molecule has 122 valence electrons. The van der Waals surface area contributed by atoms with Crippen LogP contribution in [0.2, 0.25) is 0 Å². The second-order valence-electron chi connectivity index (χ2n) is 4.95. The summed E-state index contributed by atoms with van der Waals surface area (Å²) in [7, 11) is 0. The Hall–Kier alpha value is -1.50. The molecule has 0 aliphatic rings. The van der Waals surface area contributed by atoms with Gasteiger partial charge in [0, 0.05) is 16.0 Å². The zero-order valence-electron chi connectivity index (χ0n) is 13.4. The fraction of sp³-hybridized carbons (Fsp3) is 0.294. The molecule has 3 aromatic heterocycles. The van der Waals surface area contributed by atoms with E-state index in [1.807, 2.05) is 18.3 Å². The van der Waals surface area contributed by atoms with Crippen LogP contribution in [0.4, 0.5) is 0 Å². The fourth-order valence-electron chi connectivity index (χ4n) is 1.93. The lowest BCUT2D eigenvalue weighted by Crippen LogP contribution is -1.83. The highest BCUT2D eigenvalue weighted by atomic mass is 32.1. The van der Waals surface area contributed by atoms with Crippen molar-refractivity contribution in [1.82, 2.24) is 9.97 Å². The molecule has 0 bridgehead atoms. The molecule has 0 saturated heterocycles. The third kappa shape index (κ3) is 4.99. The molecule has 3 nitrogen and oxygen atoms in total. The maximum atomic E-state index is 10.8. The third-order valence-electron chi connectivity index (χ3n) is 3.23. The zero-order chi connectivity index (χ0) is 16.8. The first kappa shape index (κ1) is 17.8. The summed E-state index contributed by atoms with van der Waals surface area (Å²) in [5.74, 6) is 0.171. The molecule has 0 radical (unpaired) electrons. The van der Waals surface area contributed by atoms with Crippen LogP contribution in [0.15, 0.2) is 30.5 Å². The summed E-state index contributed by atoms with van der Waals surface area (Å²) in [6.07, 6.45) is 4.03. The number of H-pyrrole nitrogens is 2. The topological polar surface area (TPSA) is 48.6 Å². The molecule has 0 spiro atoms. The number of aromatic amines is 2. The van der Waals surface area contributed by atoms with Gasteiger partial charge in [-0.3, -0.25) is 4.79 Å². The van der Waals surface area contributed by atoms with Crippen LogP contribution >= 0.6 is 34.9 Å². The normalized spacial score (nSPS) is 10.2. The molecule has 0 unspecified atom stereocenters. The van der Waals surface area contributed by atoms with Crippen LogP contribution in [-0.4, -0.2) is 15.8 Å². The SMILES string of the molecule is CCc1ccc(-c2c[nH]c(=S)[nH]2)s1.CCc1ccc(C(C)=O)s1. The van der Waals surface area contributed by atoms with Crippen molar-refractivity contribution in [3.63, 3.8) is 0 Å². The van der Waals surface area contributed by atoms with Gasteiger partial charge in [0.15, 0.2) is 10.6 Å². The molecule has 3 aromatic rings. The van der Waals surface area contributed by atoms with E-state index in [0.29, 0.717) is 4.77 Å². The summed E-state index contributed by atoms with van der Waals surface area (Å²) in [4.78, 5) is 21.6. The molecule has 0 aliphatic carbocycles. The second-order valence-corrected chi connectivity index (χ2v) is 7.70. The molecule has 0 atom stereocenters. The molecule has 0 aliphatic heterocycles. The smallest absolute Gasteiger partial charge is 0.174 e. The van der Waals surface area contributed by atoms with E-state index in [2.05, 4.69) is 35.9 Å². The van der Waals surface area contributed by atoms with Crippen LogP contribution in [0.1, 0.15) is 40.2 Å². The zero-order valence-corrected chi connectivity index (χ0v) is 15.9. The van der Waals surface area contributed by atoms with Crippen LogP contribution in [-0.2, 0) is 12.8 Å². The van der Waals surface area contributed by atoms with E-state index in [1.165, 1.54) is 14.6 Å². The Morgan fingerprint density at radius 1 is 1.09 bits per heavy atom. The van der Waals surface area contributed by atoms with Crippen molar-refractivity contribution < 1.29 is 4.79 Å². The van der Waals surface area contributed by atoms with Gasteiger partial charge in [0.05, 0.1) is 15.4 Å². The first-order valence-corrected chi connectivity index (χ1v) is 9.54. The summed E-state index contributed by atoms with van der Waals surface area (Å²) in [5.41, 5.74) is 1.08. The molecular formula is C17H20N2OS3. The lowest BCUT2D eigenvalue weighted by Gasteiger charge is -1.88. The van der Waals surface area contributed by atoms with Crippen LogP contribution in [0.3, 0.4) is 0 Å². The average Bonchev–Trinajstić information content (AvgIpc) is 3.27. The monoisotopic (exact) mass is 364 g/mol. The van der Waals surface area contributed by atoms with Gasteiger partial charge in [-0.1, -0.05) is 13.8 Å². The number of imidazole rings is 1. The van der Waals surface area contributed by atoms with E-state index < -0.39 is 0 Å². The number of aryl methyl sites for hydroxylation is 2. The highest BCUT2D eigenvalue weighted by Crippen LogP contribution is 2.26. The lowest BCUT2D eigenvalue weighted by atomic mass is 10.3. The lowest BCUT2D eigenvalue weighted by molar-refractivity contribution is 0.102. The number of carbonyl (C=O) groups excluding carboxylic acids is 1. The number of hydrogen-bond acceptors (Lipinski definition) is 4. The molecule has 0 fully saturated rings. The Morgan fingerprint density at radius 2 is 1.74 bits per heavy atom. The van der Waals surface area contributed by atoms with Gasteiger partial charge in [0.2, 0.25) is 0 Å². The predicted octanol–water partition coefficient (Wildman–Crippen LogP) is 5.88.